The molecule has 0 unspecified atom stereocenters. The van der Waals surface area contributed by atoms with Crippen LogP contribution < -0.4 is 5.73 Å². The second-order valence-electron chi connectivity index (χ2n) is 6.75. The van der Waals surface area contributed by atoms with Crippen molar-refractivity contribution in [2.45, 2.75) is 57.0 Å². The first-order valence-electron chi connectivity index (χ1n) is 8.43. The molecule has 1 amide bonds. The average Bonchev–Trinajstić information content (AvgIpc) is 3.26. The molecule has 5 heteroatoms. The predicted molar refractivity (Wildman–Crippen MR) is 92.0 cm³/mol. The number of hydrogen-bond donors (Lipinski definition) is 1. The molecule has 1 aromatic carbocycles. The van der Waals surface area contributed by atoms with Crippen LogP contribution in [-0.4, -0.2) is 29.4 Å². The van der Waals surface area contributed by atoms with E-state index >= 15 is 0 Å². The Bertz CT molecular complexity index is 518. The minimum Gasteiger partial charge on any atom is -0.339 e. The second kappa shape index (κ2) is 8.11. The molecule has 3 nitrogen and oxygen atoms in total. The van der Waals surface area contributed by atoms with E-state index in [1.54, 1.807) is 12.1 Å². The van der Waals surface area contributed by atoms with Crippen molar-refractivity contribution in [1.29, 1.82) is 0 Å². The average molecular weight is 341 g/mol. The Hall–Kier alpha value is -1.13. The summed E-state index contributed by atoms with van der Waals surface area (Å²) < 4.78 is 12.9. The number of nitrogens with zero attached hydrogens (tertiary/aromatic N) is 1. The van der Waals surface area contributed by atoms with E-state index < -0.39 is 0 Å². The minimum absolute atomic E-state index is 0. The quantitative estimate of drug-likeness (QED) is 0.863. The molecule has 0 aromatic heterocycles. The first kappa shape index (κ1) is 18.2. The van der Waals surface area contributed by atoms with Gasteiger partial charge in [-0.1, -0.05) is 18.6 Å². The van der Waals surface area contributed by atoms with Gasteiger partial charge in [0.05, 0.1) is 0 Å². The molecule has 0 bridgehead atoms. The molecule has 2 atom stereocenters. The van der Waals surface area contributed by atoms with Crippen LogP contribution in [0, 0.1) is 11.7 Å². The third kappa shape index (κ3) is 4.92. The normalized spacial score (nSPS) is 23.4. The molecular formula is C18H26ClFN2O. The highest BCUT2D eigenvalue weighted by Gasteiger charge is 2.34. The maximum atomic E-state index is 12.9. The Labute approximate surface area is 143 Å². The van der Waals surface area contributed by atoms with Gasteiger partial charge in [-0.25, -0.2) is 4.39 Å². The van der Waals surface area contributed by atoms with Gasteiger partial charge < -0.3 is 10.6 Å². The van der Waals surface area contributed by atoms with E-state index in [1.165, 1.54) is 12.1 Å². The van der Waals surface area contributed by atoms with Gasteiger partial charge in [0.1, 0.15) is 5.82 Å². The lowest BCUT2D eigenvalue weighted by Crippen LogP contribution is -2.38. The number of carbonyl (C=O) groups excluding carboxylic acids is 1. The van der Waals surface area contributed by atoms with Crippen LogP contribution in [0.25, 0.3) is 0 Å². The molecule has 2 fully saturated rings. The maximum Gasteiger partial charge on any atom is 0.223 e. The van der Waals surface area contributed by atoms with E-state index in [4.69, 9.17) is 5.73 Å². The highest BCUT2D eigenvalue weighted by Crippen LogP contribution is 2.31. The van der Waals surface area contributed by atoms with Gasteiger partial charge in [0.15, 0.2) is 0 Å². The SMILES string of the molecule is Cl.N[C@@H]1CCC[C@H]1CC(=O)N(CCc1ccc(F)cc1)C1CC1. The summed E-state index contributed by atoms with van der Waals surface area (Å²) in [5.41, 5.74) is 7.17. The van der Waals surface area contributed by atoms with Crippen LogP contribution >= 0.6 is 12.4 Å². The van der Waals surface area contributed by atoms with Crippen LogP contribution in [0.3, 0.4) is 0 Å². The van der Waals surface area contributed by atoms with Gasteiger partial charge in [0, 0.05) is 25.0 Å². The van der Waals surface area contributed by atoms with E-state index in [-0.39, 0.29) is 30.2 Å². The molecule has 0 spiro atoms. The lowest BCUT2D eigenvalue weighted by molar-refractivity contribution is -0.132. The first-order chi connectivity index (χ1) is 10.6. The van der Waals surface area contributed by atoms with Gasteiger partial charge in [0.25, 0.3) is 0 Å². The van der Waals surface area contributed by atoms with Crippen molar-refractivity contribution in [1.82, 2.24) is 4.90 Å². The Morgan fingerprint density at radius 1 is 1.17 bits per heavy atom. The van der Waals surface area contributed by atoms with Crippen molar-refractivity contribution in [3.8, 4) is 0 Å². The zero-order valence-corrected chi connectivity index (χ0v) is 14.2. The smallest absolute Gasteiger partial charge is 0.223 e. The molecule has 0 aliphatic heterocycles. The predicted octanol–water partition coefficient (Wildman–Crippen LogP) is 3.30. The summed E-state index contributed by atoms with van der Waals surface area (Å²) in [6.07, 6.45) is 6.91. The number of hydrogen-bond acceptors (Lipinski definition) is 2. The monoisotopic (exact) mass is 340 g/mol. The van der Waals surface area contributed by atoms with E-state index in [0.717, 1.165) is 50.6 Å². The summed E-state index contributed by atoms with van der Waals surface area (Å²) in [5.74, 6) is 0.403. The number of carbonyl (C=O) groups is 1. The number of nitrogens with two attached hydrogens (primary N) is 1. The fourth-order valence-electron chi connectivity index (χ4n) is 3.46. The van der Waals surface area contributed by atoms with E-state index in [0.29, 0.717) is 18.4 Å². The summed E-state index contributed by atoms with van der Waals surface area (Å²) >= 11 is 0. The van der Waals surface area contributed by atoms with Crippen LogP contribution in [0.4, 0.5) is 4.39 Å². The van der Waals surface area contributed by atoms with E-state index in [1.807, 2.05) is 4.90 Å². The maximum absolute atomic E-state index is 12.9. The highest BCUT2D eigenvalue weighted by molar-refractivity contribution is 5.85. The molecule has 1 aromatic rings. The van der Waals surface area contributed by atoms with Gasteiger partial charge in [0.2, 0.25) is 5.91 Å². The third-order valence-corrected chi connectivity index (χ3v) is 5.02. The summed E-state index contributed by atoms with van der Waals surface area (Å²) in [6.45, 7) is 0.733. The Kier molecular flexibility index (Phi) is 6.42. The van der Waals surface area contributed by atoms with Crippen LogP contribution in [0.1, 0.15) is 44.1 Å². The topological polar surface area (TPSA) is 46.3 Å². The fourth-order valence-corrected chi connectivity index (χ4v) is 3.46. The fraction of sp³-hybridized carbons (Fsp3) is 0.611. The zero-order chi connectivity index (χ0) is 15.5. The van der Waals surface area contributed by atoms with Crippen molar-refractivity contribution in [3.63, 3.8) is 0 Å². The van der Waals surface area contributed by atoms with Gasteiger partial charge in [-0.2, -0.15) is 0 Å². The third-order valence-electron chi connectivity index (χ3n) is 5.02. The summed E-state index contributed by atoms with van der Waals surface area (Å²) in [4.78, 5) is 14.6. The number of benzene rings is 1. The summed E-state index contributed by atoms with van der Waals surface area (Å²) in [5, 5.41) is 0. The molecule has 23 heavy (non-hydrogen) atoms. The molecule has 0 radical (unpaired) electrons. The van der Waals surface area contributed by atoms with E-state index in [2.05, 4.69) is 0 Å². The highest BCUT2D eigenvalue weighted by atomic mass is 35.5. The molecule has 128 valence electrons. The van der Waals surface area contributed by atoms with Crippen LogP contribution in [0.15, 0.2) is 24.3 Å². The second-order valence-corrected chi connectivity index (χ2v) is 6.75. The Balaban J connectivity index is 0.00000192. The Morgan fingerprint density at radius 3 is 2.43 bits per heavy atom. The van der Waals surface area contributed by atoms with Gasteiger partial charge in [-0.3, -0.25) is 4.79 Å². The molecule has 2 aliphatic carbocycles. The molecule has 2 N–H and O–H groups in total. The van der Waals surface area contributed by atoms with Crippen LogP contribution in [-0.2, 0) is 11.2 Å². The lowest BCUT2D eigenvalue weighted by Gasteiger charge is -2.25. The van der Waals surface area contributed by atoms with E-state index in [9.17, 15) is 9.18 Å². The van der Waals surface area contributed by atoms with Gasteiger partial charge in [-0.05, 0) is 55.7 Å². The first-order valence-corrected chi connectivity index (χ1v) is 8.43. The van der Waals surface area contributed by atoms with Crippen molar-refractivity contribution in [2.24, 2.45) is 11.7 Å². The lowest BCUT2D eigenvalue weighted by atomic mass is 9.99. The summed E-state index contributed by atoms with van der Waals surface area (Å²) in [6, 6.07) is 7.19. The van der Waals surface area contributed by atoms with Crippen molar-refractivity contribution >= 4 is 18.3 Å². The van der Waals surface area contributed by atoms with Crippen molar-refractivity contribution in [3.05, 3.63) is 35.6 Å². The molecular weight excluding hydrogens is 315 g/mol. The van der Waals surface area contributed by atoms with Crippen molar-refractivity contribution in [2.75, 3.05) is 6.54 Å². The standard InChI is InChI=1S/C18H25FN2O.ClH/c19-15-6-4-13(5-7-15)10-11-21(16-8-9-16)18(22)12-14-2-1-3-17(14)20;/h4-7,14,16-17H,1-3,8-12,20H2;1H/t14-,17+;/m0./s1. The zero-order valence-electron chi connectivity index (χ0n) is 13.4. The van der Waals surface area contributed by atoms with Crippen molar-refractivity contribution < 1.29 is 9.18 Å². The van der Waals surface area contributed by atoms with Gasteiger partial charge >= 0.3 is 0 Å². The number of rotatable bonds is 6. The molecule has 0 heterocycles. The molecule has 2 aliphatic rings. The number of amides is 1. The molecule has 0 saturated heterocycles. The molecule has 2 saturated carbocycles. The Morgan fingerprint density at radius 2 is 1.87 bits per heavy atom. The van der Waals surface area contributed by atoms with Gasteiger partial charge in [-0.15, -0.1) is 12.4 Å². The minimum atomic E-state index is -0.214. The number of halogens is 2. The summed E-state index contributed by atoms with van der Waals surface area (Å²) in [7, 11) is 0. The molecule has 3 rings (SSSR count). The van der Waals surface area contributed by atoms with Crippen LogP contribution in [0.2, 0.25) is 0 Å². The van der Waals surface area contributed by atoms with Crippen LogP contribution in [0.5, 0.6) is 0 Å². The largest absolute Gasteiger partial charge is 0.339 e.